The van der Waals surface area contributed by atoms with Crippen molar-refractivity contribution < 1.29 is 4.79 Å². The summed E-state index contributed by atoms with van der Waals surface area (Å²) < 4.78 is 0.585. The maximum Gasteiger partial charge on any atom is 0.254 e. The lowest BCUT2D eigenvalue weighted by molar-refractivity contribution is 0.0900. The van der Waals surface area contributed by atoms with Crippen LogP contribution in [0.1, 0.15) is 44.0 Å². The first-order chi connectivity index (χ1) is 7.52. The molecule has 1 N–H and O–H groups in total. The van der Waals surface area contributed by atoms with Crippen molar-refractivity contribution in [1.29, 1.82) is 0 Å². The molecule has 1 rings (SSSR count). The molecule has 1 aromatic heterocycles. The summed E-state index contributed by atoms with van der Waals surface area (Å²) in [6, 6.07) is 3.52. The molecular formula is C12H17BrN2O. The average Bonchev–Trinajstić information content (AvgIpc) is 2.29. The quantitative estimate of drug-likeness (QED) is 0.863. The predicted molar refractivity (Wildman–Crippen MR) is 68.4 cm³/mol. The van der Waals surface area contributed by atoms with E-state index in [1.807, 2.05) is 0 Å². The SMILES string of the molecule is CCC(C)(CC)NC(=O)c1cccnc1Br. The monoisotopic (exact) mass is 284 g/mol. The van der Waals surface area contributed by atoms with Gasteiger partial charge in [-0.05, 0) is 47.8 Å². The zero-order chi connectivity index (χ0) is 12.2. The lowest BCUT2D eigenvalue weighted by Gasteiger charge is -2.28. The summed E-state index contributed by atoms with van der Waals surface area (Å²) in [5.41, 5.74) is 0.433. The molecule has 0 aliphatic heterocycles. The summed E-state index contributed by atoms with van der Waals surface area (Å²) in [4.78, 5) is 16.1. The molecule has 0 radical (unpaired) electrons. The molecule has 88 valence electrons. The summed E-state index contributed by atoms with van der Waals surface area (Å²) in [5, 5.41) is 3.04. The van der Waals surface area contributed by atoms with Gasteiger partial charge >= 0.3 is 0 Å². The number of carbonyl (C=O) groups is 1. The van der Waals surface area contributed by atoms with Crippen molar-refractivity contribution in [3.8, 4) is 0 Å². The molecule has 0 fully saturated rings. The van der Waals surface area contributed by atoms with Crippen LogP contribution in [0.3, 0.4) is 0 Å². The molecular weight excluding hydrogens is 268 g/mol. The molecule has 3 nitrogen and oxygen atoms in total. The number of hydrogen-bond donors (Lipinski definition) is 1. The van der Waals surface area contributed by atoms with Crippen molar-refractivity contribution in [3.05, 3.63) is 28.5 Å². The molecule has 0 saturated heterocycles. The van der Waals surface area contributed by atoms with Crippen LogP contribution in [0.2, 0.25) is 0 Å². The highest BCUT2D eigenvalue weighted by Crippen LogP contribution is 2.17. The van der Waals surface area contributed by atoms with Crippen LogP contribution < -0.4 is 5.32 Å². The van der Waals surface area contributed by atoms with Gasteiger partial charge in [0.2, 0.25) is 0 Å². The van der Waals surface area contributed by atoms with Crippen molar-refractivity contribution in [2.24, 2.45) is 0 Å². The van der Waals surface area contributed by atoms with Gasteiger partial charge in [0.05, 0.1) is 5.56 Å². The highest BCUT2D eigenvalue weighted by Gasteiger charge is 2.23. The average molecular weight is 285 g/mol. The fourth-order valence-electron chi connectivity index (χ4n) is 1.32. The first-order valence-electron chi connectivity index (χ1n) is 5.45. The van der Waals surface area contributed by atoms with Gasteiger partial charge in [-0.25, -0.2) is 4.98 Å². The molecule has 16 heavy (non-hydrogen) atoms. The van der Waals surface area contributed by atoms with Crippen molar-refractivity contribution in [2.75, 3.05) is 0 Å². The number of aromatic nitrogens is 1. The fraction of sp³-hybridized carbons (Fsp3) is 0.500. The summed E-state index contributed by atoms with van der Waals surface area (Å²) in [6.45, 7) is 6.19. The van der Waals surface area contributed by atoms with Gasteiger partial charge in [0, 0.05) is 11.7 Å². The standard InChI is InChI=1S/C12H17BrN2O/c1-4-12(3,5-2)15-11(16)9-7-6-8-14-10(9)13/h6-8H,4-5H2,1-3H3,(H,15,16). The Balaban J connectivity index is 2.84. The fourth-order valence-corrected chi connectivity index (χ4v) is 1.75. The van der Waals surface area contributed by atoms with Crippen LogP contribution in [-0.2, 0) is 0 Å². The molecule has 0 aliphatic rings. The zero-order valence-electron chi connectivity index (χ0n) is 9.88. The Labute approximate surface area is 105 Å². The molecule has 0 bridgehead atoms. The normalized spacial score (nSPS) is 11.2. The third-order valence-electron chi connectivity index (χ3n) is 2.98. The Bertz CT molecular complexity index is 375. The molecule has 0 atom stereocenters. The molecule has 0 aliphatic carbocycles. The molecule has 4 heteroatoms. The van der Waals surface area contributed by atoms with Crippen LogP contribution in [0.5, 0.6) is 0 Å². The second-order valence-corrected chi connectivity index (χ2v) is 4.81. The van der Waals surface area contributed by atoms with Gasteiger partial charge in [0.15, 0.2) is 0 Å². The summed E-state index contributed by atoms with van der Waals surface area (Å²) in [6.07, 6.45) is 3.47. The predicted octanol–water partition coefficient (Wildman–Crippen LogP) is 3.15. The number of rotatable bonds is 4. The number of nitrogens with zero attached hydrogens (tertiary/aromatic N) is 1. The maximum absolute atomic E-state index is 12.0. The minimum atomic E-state index is -0.146. The Hall–Kier alpha value is -0.900. The zero-order valence-corrected chi connectivity index (χ0v) is 11.5. The van der Waals surface area contributed by atoms with Crippen LogP contribution in [0, 0.1) is 0 Å². The van der Waals surface area contributed by atoms with E-state index in [1.54, 1.807) is 18.3 Å². The molecule has 0 saturated carbocycles. The molecule has 0 unspecified atom stereocenters. The Morgan fingerprint density at radius 1 is 1.50 bits per heavy atom. The Morgan fingerprint density at radius 2 is 2.12 bits per heavy atom. The number of pyridine rings is 1. The second-order valence-electron chi connectivity index (χ2n) is 4.06. The topological polar surface area (TPSA) is 42.0 Å². The van der Waals surface area contributed by atoms with Gasteiger partial charge in [-0.2, -0.15) is 0 Å². The number of nitrogens with one attached hydrogen (secondary N) is 1. The third kappa shape index (κ3) is 3.04. The Kier molecular flexibility index (Phi) is 4.47. The smallest absolute Gasteiger partial charge is 0.254 e. The second kappa shape index (κ2) is 5.43. The number of carbonyl (C=O) groups excluding carboxylic acids is 1. The minimum Gasteiger partial charge on any atom is -0.347 e. The molecule has 1 heterocycles. The van der Waals surface area contributed by atoms with Gasteiger partial charge in [-0.1, -0.05) is 13.8 Å². The first kappa shape index (κ1) is 13.2. The molecule has 0 aromatic carbocycles. The van der Waals surface area contributed by atoms with E-state index < -0.39 is 0 Å². The van der Waals surface area contributed by atoms with E-state index in [0.29, 0.717) is 10.2 Å². The van der Waals surface area contributed by atoms with Gasteiger partial charge in [-0.15, -0.1) is 0 Å². The van der Waals surface area contributed by atoms with E-state index in [4.69, 9.17) is 0 Å². The van der Waals surface area contributed by atoms with E-state index in [9.17, 15) is 4.79 Å². The maximum atomic E-state index is 12.0. The molecule has 0 spiro atoms. The number of halogens is 1. The van der Waals surface area contributed by atoms with E-state index in [2.05, 4.69) is 47.0 Å². The van der Waals surface area contributed by atoms with Gasteiger partial charge in [0.1, 0.15) is 4.60 Å². The molecule has 1 aromatic rings. The van der Waals surface area contributed by atoms with Crippen LogP contribution in [-0.4, -0.2) is 16.4 Å². The van der Waals surface area contributed by atoms with Crippen molar-refractivity contribution >= 4 is 21.8 Å². The highest BCUT2D eigenvalue weighted by molar-refractivity contribution is 9.10. The van der Waals surface area contributed by atoms with Gasteiger partial charge in [-0.3, -0.25) is 4.79 Å². The van der Waals surface area contributed by atoms with E-state index in [1.165, 1.54) is 0 Å². The van der Waals surface area contributed by atoms with E-state index >= 15 is 0 Å². The Morgan fingerprint density at radius 3 is 2.62 bits per heavy atom. The largest absolute Gasteiger partial charge is 0.347 e. The number of amides is 1. The summed E-state index contributed by atoms with van der Waals surface area (Å²) in [7, 11) is 0. The highest BCUT2D eigenvalue weighted by atomic mass is 79.9. The lowest BCUT2D eigenvalue weighted by atomic mass is 9.95. The van der Waals surface area contributed by atoms with Crippen molar-refractivity contribution in [2.45, 2.75) is 39.2 Å². The van der Waals surface area contributed by atoms with E-state index in [0.717, 1.165) is 12.8 Å². The summed E-state index contributed by atoms with van der Waals surface area (Å²) in [5.74, 6) is -0.0776. The van der Waals surface area contributed by atoms with Crippen LogP contribution in [0.4, 0.5) is 0 Å². The van der Waals surface area contributed by atoms with Crippen molar-refractivity contribution in [1.82, 2.24) is 10.3 Å². The van der Waals surface area contributed by atoms with Gasteiger partial charge < -0.3 is 5.32 Å². The van der Waals surface area contributed by atoms with Gasteiger partial charge in [0.25, 0.3) is 5.91 Å². The van der Waals surface area contributed by atoms with Crippen LogP contribution in [0.25, 0.3) is 0 Å². The van der Waals surface area contributed by atoms with Crippen molar-refractivity contribution in [3.63, 3.8) is 0 Å². The van der Waals surface area contributed by atoms with E-state index in [-0.39, 0.29) is 11.4 Å². The first-order valence-corrected chi connectivity index (χ1v) is 6.24. The molecule has 1 amide bonds. The third-order valence-corrected chi connectivity index (χ3v) is 3.61. The summed E-state index contributed by atoms with van der Waals surface area (Å²) >= 11 is 3.28. The van der Waals surface area contributed by atoms with Crippen LogP contribution >= 0.6 is 15.9 Å². The number of hydrogen-bond acceptors (Lipinski definition) is 2. The lowest BCUT2D eigenvalue weighted by Crippen LogP contribution is -2.45. The minimum absolute atomic E-state index is 0.0776. The van der Waals surface area contributed by atoms with Crippen LogP contribution in [0.15, 0.2) is 22.9 Å².